The van der Waals surface area contributed by atoms with E-state index in [1.165, 1.54) is 0 Å². The number of rotatable bonds is 1. The van der Waals surface area contributed by atoms with Crippen molar-refractivity contribution in [1.82, 2.24) is 9.55 Å². The van der Waals surface area contributed by atoms with Crippen LogP contribution in [-0.2, 0) is 0 Å². The molecule has 1 aromatic carbocycles. The van der Waals surface area contributed by atoms with Crippen LogP contribution in [0.2, 0.25) is 0 Å². The van der Waals surface area contributed by atoms with Gasteiger partial charge in [-0.25, -0.2) is 4.79 Å². The Morgan fingerprint density at radius 1 is 1.43 bits per heavy atom. The van der Waals surface area contributed by atoms with E-state index < -0.39 is 0 Å². The van der Waals surface area contributed by atoms with Crippen LogP contribution >= 0.6 is 0 Å². The molecule has 1 heterocycles. The topological polar surface area (TPSA) is 63.8 Å². The molecule has 3 N–H and O–H groups in total. The molecule has 0 aliphatic heterocycles. The predicted molar refractivity (Wildman–Crippen MR) is 55.2 cm³/mol. The molecule has 3 rings (SSSR count). The monoisotopic (exact) mass is 189 g/mol. The summed E-state index contributed by atoms with van der Waals surface area (Å²) in [6, 6.07) is 5.92. The molecule has 4 nitrogen and oxygen atoms in total. The molecule has 0 saturated heterocycles. The summed E-state index contributed by atoms with van der Waals surface area (Å²) in [4.78, 5) is 14.4. The van der Waals surface area contributed by atoms with Crippen molar-refractivity contribution in [2.75, 3.05) is 5.73 Å². The average Bonchev–Trinajstić information content (AvgIpc) is 2.90. The Balaban J connectivity index is 2.45. The van der Waals surface area contributed by atoms with Crippen molar-refractivity contribution in [3.8, 4) is 0 Å². The van der Waals surface area contributed by atoms with Gasteiger partial charge in [0.15, 0.2) is 0 Å². The molecule has 2 aromatic rings. The fourth-order valence-corrected chi connectivity index (χ4v) is 1.89. The maximum absolute atomic E-state index is 11.6. The first-order chi connectivity index (χ1) is 6.77. The van der Waals surface area contributed by atoms with Gasteiger partial charge in [0.2, 0.25) is 0 Å². The van der Waals surface area contributed by atoms with E-state index in [2.05, 4.69) is 4.98 Å². The summed E-state index contributed by atoms with van der Waals surface area (Å²) in [5.41, 5.74) is 8.18. The number of hydrogen-bond donors (Lipinski definition) is 2. The Morgan fingerprint density at radius 2 is 2.21 bits per heavy atom. The molecule has 72 valence electrons. The molecule has 0 spiro atoms. The van der Waals surface area contributed by atoms with Crippen molar-refractivity contribution in [3.05, 3.63) is 28.7 Å². The molecule has 1 aliphatic rings. The van der Waals surface area contributed by atoms with Crippen LogP contribution in [0, 0.1) is 0 Å². The standard InChI is InChI=1S/C10H11N3O/c11-7-2-1-3-8-9(7)13(6-4-5-6)10(14)12-8/h1-3,6H,4-5,11H2,(H,12,14). The number of para-hydroxylation sites is 1. The average molecular weight is 189 g/mol. The highest BCUT2D eigenvalue weighted by atomic mass is 16.1. The number of nitrogens with zero attached hydrogens (tertiary/aromatic N) is 1. The lowest BCUT2D eigenvalue weighted by Crippen LogP contribution is -2.15. The van der Waals surface area contributed by atoms with Crippen LogP contribution in [0.1, 0.15) is 18.9 Å². The van der Waals surface area contributed by atoms with E-state index in [-0.39, 0.29) is 5.69 Å². The van der Waals surface area contributed by atoms with Crippen LogP contribution in [-0.4, -0.2) is 9.55 Å². The van der Waals surface area contributed by atoms with E-state index in [1.807, 2.05) is 18.2 Å². The molecule has 14 heavy (non-hydrogen) atoms. The Hall–Kier alpha value is -1.71. The molecule has 0 atom stereocenters. The molecule has 0 amide bonds. The highest BCUT2D eigenvalue weighted by Crippen LogP contribution is 2.36. The van der Waals surface area contributed by atoms with Gasteiger partial charge in [-0.3, -0.25) is 4.57 Å². The van der Waals surface area contributed by atoms with Gasteiger partial charge < -0.3 is 10.7 Å². The summed E-state index contributed by atoms with van der Waals surface area (Å²) in [6.07, 6.45) is 2.17. The van der Waals surface area contributed by atoms with Gasteiger partial charge in [-0.05, 0) is 25.0 Å². The summed E-state index contributed by atoms with van der Waals surface area (Å²) < 4.78 is 1.78. The number of H-pyrrole nitrogens is 1. The largest absolute Gasteiger partial charge is 0.397 e. The molecule has 1 saturated carbocycles. The van der Waals surface area contributed by atoms with Crippen LogP contribution in [0.3, 0.4) is 0 Å². The first kappa shape index (κ1) is 7.67. The number of aromatic nitrogens is 2. The van der Waals surface area contributed by atoms with Gasteiger partial charge in [-0.1, -0.05) is 6.07 Å². The fraction of sp³-hybridized carbons (Fsp3) is 0.300. The van der Waals surface area contributed by atoms with Gasteiger partial charge in [0.25, 0.3) is 0 Å². The SMILES string of the molecule is Nc1cccc2[nH]c(=O)n(C3CC3)c12. The Bertz CT molecular complexity index is 548. The second-order valence-corrected chi connectivity index (χ2v) is 3.77. The number of nitrogen functional groups attached to an aromatic ring is 1. The highest BCUT2D eigenvalue weighted by Gasteiger charge is 2.27. The lowest BCUT2D eigenvalue weighted by atomic mass is 10.2. The second-order valence-electron chi connectivity index (χ2n) is 3.77. The minimum Gasteiger partial charge on any atom is -0.397 e. The van der Waals surface area contributed by atoms with Crippen molar-refractivity contribution >= 4 is 16.7 Å². The minimum atomic E-state index is -0.0413. The summed E-state index contributed by atoms with van der Waals surface area (Å²) in [5.74, 6) is 0. The molecule has 1 fully saturated rings. The first-order valence-corrected chi connectivity index (χ1v) is 4.76. The number of hydrogen-bond acceptors (Lipinski definition) is 2. The number of anilines is 1. The Labute approximate surface area is 80.3 Å². The van der Waals surface area contributed by atoms with Crippen LogP contribution in [0.25, 0.3) is 11.0 Å². The van der Waals surface area contributed by atoms with Crippen LogP contribution in [0.5, 0.6) is 0 Å². The number of benzene rings is 1. The van der Waals surface area contributed by atoms with Gasteiger partial charge in [0.1, 0.15) is 0 Å². The van der Waals surface area contributed by atoms with E-state index in [0.717, 1.165) is 23.9 Å². The van der Waals surface area contributed by atoms with Crippen LogP contribution in [0.4, 0.5) is 5.69 Å². The highest BCUT2D eigenvalue weighted by molar-refractivity contribution is 5.87. The summed E-state index contributed by atoms with van der Waals surface area (Å²) in [7, 11) is 0. The third-order valence-corrected chi connectivity index (χ3v) is 2.68. The molecule has 4 heteroatoms. The molecule has 0 radical (unpaired) electrons. The molecular weight excluding hydrogens is 178 g/mol. The number of nitrogens with two attached hydrogens (primary N) is 1. The van der Waals surface area contributed by atoms with Crippen LogP contribution in [0.15, 0.2) is 23.0 Å². The van der Waals surface area contributed by atoms with Crippen molar-refractivity contribution in [1.29, 1.82) is 0 Å². The first-order valence-electron chi connectivity index (χ1n) is 4.76. The van der Waals surface area contributed by atoms with Gasteiger partial charge in [-0.2, -0.15) is 0 Å². The Morgan fingerprint density at radius 3 is 2.93 bits per heavy atom. The zero-order valence-electron chi connectivity index (χ0n) is 7.66. The van der Waals surface area contributed by atoms with Gasteiger partial charge >= 0.3 is 5.69 Å². The van der Waals surface area contributed by atoms with Gasteiger partial charge in [-0.15, -0.1) is 0 Å². The third kappa shape index (κ3) is 0.907. The summed E-state index contributed by atoms with van der Waals surface area (Å²) in [5, 5.41) is 0. The predicted octanol–water partition coefficient (Wildman–Crippen LogP) is 1.25. The summed E-state index contributed by atoms with van der Waals surface area (Å²) >= 11 is 0. The molecule has 1 aliphatic carbocycles. The summed E-state index contributed by atoms with van der Waals surface area (Å²) in [6.45, 7) is 0. The van der Waals surface area contributed by atoms with E-state index in [0.29, 0.717) is 11.7 Å². The zero-order valence-corrected chi connectivity index (χ0v) is 7.66. The number of imidazole rings is 1. The minimum absolute atomic E-state index is 0.0413. The molecule has 1 aromatic heterocycles. The molecule has 0 unspecified atom stereocenters. The van der Waals surface area contributed by atoms with Crippen molar-refractivity contribution in [3.63, 3.8) is 0 Å². The van der Waals surface area contributed by atoms with Gasteiger partial charge in [0, 0.05) is 6.04 Å². The number of aromatic amines is 1. The quantitative estimate of drug-likeness (QED) is 0.663. The normalized spacial score (nSPS) is 16.3. The number of nitrogens with one attached hydrogen (secondary N) is 1. The van der Waals surface area contributed by atoms with Crippen LogP contribution < -0.4 is 11.4 Å². The zero-order chi connectivity index (χ0) is 9.71. The number of fused-ring (bicyclic) bond motifs is 1. The lowest BCUT2D eigenvalue weighted by Gasteiger charge is -2.01. The van der Waals surface area contributed by atoms with E-state index in [1.54, 1.807) is 4.57 Å². The van der Waals surface area contributed by atoms with E-state index in [9.17, 15) is 4.79 Å². The smallest absolute Gasteiger partial charge is 0.326 e. The maximum atomic E-state index is 11.6. The second kappa shape index (κ2) is 2.41. The lowest BCUT2D eigenvalue weighted by molar-refractivity contribution is 0.734. The molecular formula is C10H11N3O. The maximum Gasteiger partial charge on any atom is 0.326 e. The Kier molecular flexibility index (Phi) is 1.32. The van der Waals surface area contributed by atoms with Gasteiger partial charge in [0.05, 0.1) is 16.7 Å². The fourth-order valence-electron chi connectivity index (χ4n) is 1.89. The van der Waals surface area contributed by atoms with E-state index >= 15 is 0 Å². The van der Waals surface area contributed by atoms with E-state index in [4.69, 9.17) is 5.73 Å². The van der Waals surface area contributed by atoms with Crippen molar-refractivity contribution in [2.24, 2.45) is 0 Å². The third-order valence-electron chi connectivity index (χ3n) is 2.68. The van der Waals surface area contributed by atoms with Crippen molar-refractivity contribution < 1.29 is 0 Å². The van der Waals surface area contributed by atoms with Crippen molar-refractivity contribution in [2.45, 2.75) is 18.9 Å². The molecule has 0 bridgehead atoms.